The first-order valence-electron chi connectivity index (χ1n) is 14.6. The molecular formula is C32H46O6. The van der Waals surface area contributed by atoms with E-state index in [1.165, 1.54) is 83.5 Å². The molecule has 0 saturated carbocycles. The molecule has 38 heavy (non-hydrogen) atoms. The van der Waals surface area contributed by atoms with Gasteiger partial charge in [0.15, 0.2) is 0 Å². The Morgan fingerprint density at radius 1 is 0.579 bits per heavy atom. The second-order valence-corrected chi connectivity index (χ2v) is 9.87. The summed E-state index contributed by atoms with van der Waals surface area (Å²) < 4.78 is 4.95. The van der Waals surface area contributed by atoms with Crippen molar-refractivity contribution in [3.05, 3.63) is 60.2 Å². The Kier molecular flexibility index (Phi) is 17.4. The molecule has 0 unspecified atom stereocenters. The topological polar surface area (TPSA) is 71.1 Å². The third-order valence-electron chi connectivity index (χ3n) is 6.63. The van der Waals surface area contributed by atoms with Crippen LogP contribution in [0.25, 0.3) is 11.1 Å². The highest BCUT2D eigenvalue weighted by Crippen LogP contribution is 2.20. The zero-order valence-corrected chi connectivity index (χ0v) is 23.2. The van der Waals surface area contributed by atoms with Crippen LogP contribution in [0.15, 0.2) is 54.6 Å². The molecule has 0 aliphatic carbocycles. The van der Waals surface area contributed by atoms with Crippen LogP contribution in [0.5, 0.6) is 0 Å². The van der Waals surface area contributed by atoms with E-state index in [-0.39, 0.29) is 12.2 Å². The van der Waals surface area contributed by atoms with Crippen molar-refractivity contribution in [3.63, 3.8) is 0 Å². The van der Waals surface area contributed by atoms with Crippen LogP contribution >= 0.6 is 0 Å². The molecule has 0 amide bonds. The summed E-state index contributed by atoms with van der Waals surface area (Å²) in [6.07, 6.45) is 19.5. The average Bonchev–Trinajstić information content (AvgIpc) is 2.95. The Balaban J connectivity index is 1.39. The molecule has 0 saturated heterocycles. The van der Waals surface area contributed by atoms with Crippen molar-refractivity contribution in [1.82, 2.24) is 0 Å². The summed E-state index contributed by atoms with van der Waals surface area (Å²) in [6.45, 7) is 2.51. The number of carbonyl (C=O) groups excluding carboxylic acids is 2. The summed E-state index contributed by atoms with van der Waals surface area (Å²) in [5.41, 5.74) is 2.10. The van der Waals surface area contributed by atoms with E-state index in [0.717, 1.165) is 30.4 Å². The number of hydrogen-bond donors (Lipinski definition) is 0. The normalized spacial score (nSPS) is 10.8. The van der Waals surface area contributed by atoms with Gasteiger partial charge in [0.1, 0.15) is 0 Å². The number of carbonyl (C=O) groups is 2. The quantitative estimate of drug-likeness (QED) is 0.0697. The molecule has 0 N–H and O–H groups in total. The van der Waals surface area contributed by atoms with E-state index < -0.39 is 12.1 Å². The molecule has 0 radical (unpaired) electrons. The van der Waals surface area contributed by atoms with E-state index in [1.54, 1.807) is 18.2 Å². The lowest BCUT2D eigenvalue weighted by Crippen LogP contribution is -2.12. The van der Waals surface area contributed by atoms with Crippen LogP contribution in [-0.2, 0) is 19.6 Å². The van der Waals surface area contributed by atoms with Gasteiger partial charge in [-0.3, -0.25) is 4.89 Å². The fourth-order valence-electron chi connectivity index (χ4n) is 4.41. The predicted octanol–water partition coefficient (Wildman–Crippen LogP) is 9.77. The van der Waals surface area contributed by atoms with Crippen molar-refractivity contribution in [2.45, 2.75) is 110 Å². The third-order valence-corrected chi connectivity index (χ3v) is 6.63. The van der Waals surface area contributed by atoms with Crippen LogP contribution in [0, 0.1) is 0 Å². The van der Waals surface area contributed by atoms with Crippen molar-refractivity contribution in [1.29, 1.82) is 0 Å². The zero-order valence-electron chi connectivity index (χ0n) is 23.2. The van der Waals surface area contributed by atoms with Crippen LogP contribution in [0.2, 0.25) is 0 Å². The van der Waals surface area contributed by atoms with Crippen LogP contribution in [0.1, 0.15) is 120 Å². The molecule has 0 fully saturated rings. The van der Waals surface area contributed by atoms with Crippen LogP contribution in [0.3, 0.4) is 0 Å². The van der Waals surface area contributed by atoms with Crippen molar-refractivity contribution >= 4 is 12.1 Å². The Morgan fingerprint density at radius 2 is 1.11 bits per heavy atom. The number of rotatable bonds is 21. The Morgan fingerprint density at radius 3 is 1.68 bits per heavy atom. The van der Waals surface area contributed by atoms with E-state index in [4.69, 9.17) is 4.74 Å². The Labute approximate surface area is 228 Å². The lowest BCUT2D eigenvalue weighted by molar-refractivity contribution is -0.452. The molecule has 210 valence electrons. The number of unbranched alkanes of at least 4 members (excludes halogenated alkanes) is 15. The molecule has 0 spiro atoms. The van der Waals surface area contributed by atoms with Gasteiger partial charge in [0.2, 0.25) is 0 Å². The van der Waals surface area contributed by atoms with Crippen LogP contribution in [0.4, 0.5) is 4.79 Å². The fourth-order valence-corrected chi connectivity index (χ4v) is 4.41. The molecule has 0 heterocycles. The van der Waals surface area contributed by atoms with Gasteiger partial charge in [-0.25, -0.2) is 14.5 Å². The van der Waals surface area contributed by atoms with Gasteiger partial charge in [0, 0.05) is 0 Å². The highest BCUT2D eigenvalue weighted by molar-refractivity contribution is 5.90. The van der Waals surface area contributed by atoms with Crippen LogP contribution in [-0.4, -0.2) is 18.7 Å². The first kappa shape index (κ1) is 31.4. The standard InChI is InChI=1S/C32H46O6/c1-2-3-4-5-6-7-8-9-10-11-12-13-14-15-16-20-26-35-32(34)37-38-36-31(33)30-25-21-24-29(27-30)28-22-18-17-19-23-28/h17-19,21-25,27H,2-16,20,26H2,1H3. The highest BCUT2D eigenvalue weighted by Gasteiger charge is 2.13. The van der Waals surface area contributed by atoms with Crippen molar-refractivity contribution in [2.24, 2.45) is 0 Å². The van der Waals surface area contributed by atoms with E-state index in [9.17, 15) is 9.59 Å². The molecule has 6 heteroatoms. The molecule has 0 aromatic heterocycles. The number of benzene rings is 2. The minimum absolute atomic E-state index is 0.244. The van der Waals surface area contributed by atoms with Crippen molar-refractivity contribution in [2.75, 3.05) is 6.61 Å². The second-order valence-electron chi connectivity index (χ2n) is 9.87. The SMILES string of the molecule is CCCCCCCCCCCCCCCCCCOC(=O)OOOC(=O)c1cccc(-c2ccccc2)c1. The monoisotopic (exact) mass is 526 g/mol. The fraction of sp³-hybridized carbons (Fsp3) is 0.562. The molecule has 2 aromatic rings. The number of hydrogen-bond acceptors (Lipinski definition) is 6. The molecule has 6 nitrogen and oxygen atoms in total. The van der Waals surface area contributed by atoms with E-state index in [0.29, 0.717) is 0 Å². The summed E-state index contributed by atoms with van der Waals surface area (Å²) in [6, 6.07) is 16.5. The van der Waals surface area contributed by atoms with Gasteiger partial charge in [0.05, 0.1) is 17.2 Å². The smallest absolute Gasteiger partial charge is 0.432 e. The minimum atomic E-state index is -1.03. The first-order chi connectivity index (χ1) is 18.7. The number of ether oxygens (including phenoxy) is 1. The van der Waals surface area contributed by atoms with E-state index >= 15 is 0 Å². The van der Waals surface area contributed by atoms with Gasteiger partial charge in [-0.2, -0.15) is 0 Å². The molecular weight excluding hydrogens is 480 g/mol. The first-order valence-corrected chi connectivity index (χ1v) is 14.6. The Hall–Kier alpha value is -2.86. The van der Waals surface area contributed by atoms with E-state index in [2.05, 4.69) is 21.7 Å². The maximum Gasteiger partial charge on any atom is 0.543 e. The lowest BCUT2D eigenvalue weighted by Gasteiger charge is -2.06. The lowest BCUT2D eigenvalue weighted by atomic mass is 10.0. The zero-order chi connectivity index (χ0) is 27.1. The minimum Gasteiger partial charge on any atom is -0.432 e. The van der Waals surface area contributed by atoms with Gasteiger partial charge in [-0.05, 0) is 29.7 Å². The second kappa shape index (κ2) is 21.1. The summed E-state index contributed by atoms with van der Waals surface area (Å²) in [5.74, 6) is -0.770. The molecule has 0 bridgehead atoms. The summed E-state index contributed by atoms with van der Waals surface area (Å²) in [4.78, 5) is 32.7. The van der Waals surface area contributed by atoms with Gasteiger partial charge in [-0.1, -0.05) is 146 Å². The van der Waals surface area contributed by atoms with Gasteiger partial charge >= 0.3 is 12.1 Å². The molecule has 0 aliphatic rings. The predicted molar refractivity (Wildman–Crippen MR) is 150 cm³/mol. The molecule has 0 aliphatic heterocycles. The third kappa shape index (κ3) is 14.8. The summed E-state index contributed by atoms with van der Waals surface area (Å²) in [5, 5.41) is 4.32. The van der Waals surface area contributed by atoms with Gasteiger partial charge in [-0.15, -0.1) is 0 Å². The maximum absolute atomic E-state index is 12.2. The Bertz CT molecular complexity index is 883. The van der Waals surface area contributed by atoms with Gasteiger partial charge < -0.3 is 4.74 Å². The highest BCUT2D eigenvalue weighted by atomic mass is 17.5. The summed E-state index contributed by atoms with van der Waals surface area (Å²) >= 11 is 0. The molecule has 2 rings (SSSR count). The van der Waals surface area contributed by atoms with Gasteiger partial charge in [0.25, 0.3) is 0 Å². The van der Waals surface area contributed by atoms with E-state index in [1.807, 2.05) is 36.4 Å². The average molecular weight is 527 g/mol. The van der Waals surface area contributed by atoms with Crippen LogP contribution < -0.4 is 0 Å². The molecule has 0 atom stereocenters. The summed E-state index contributed by atoms with van der Waals surface area (Å²) in [7, 11) is 0. The van der Waals surface area contributed by atoms with Crippen molar-refractivity contribution in [3.8, 4) is 11.1 Å². The van der Waals surface area contributed by atoms with Crippen molar-refractivity contribution < 1.29 is 29.1 Å². The molecule has 2 aromatic carbocycles. The largest absolute Gasteiger partial charge is 0.543 e. The maximum atomic E-state index is 12.2.